The van der Waals surface area contributed by atoms with Gasteiger partial charge in [-0.3, -0.25) is 9.59 Å². The van der Waals surface area contributed by atoms with Crippen LogP contribution in [0.25, 0.3) is 0 Å². The van der Waals surface area contributed by atoms with Gasteiger partial charge >= 0.3 is 0 Å². The van der Waals surface area contributed by atoms with E-state index in [0.717, 1.165) is 25.3 Å². The largest absolute Gasteiger partial charge is 0.484 e. The van der Waals surface area contributed by atoms with E-state index in [9.17, 15) is 14.0 Å². The van der Waals surface area contributed by atoms with Crippen LogP contribution in [0.1, 0.15) is 50.4 Å². The number of hydrogen-bond donors (Lipinski definition) is 0. The molecule has 0 radical (unpaired) electrons. The van der Waals surface area contributed by atoms with E-state index >= 15 is 0 Å². The van der Waals surface area contributed by atoms with E-state index in [4.69, 9.17) is 4.74 Å². The molecule has 1 aliphatic heterocycles. The van der Waals surface area contributed by atoms with Gasteiger partial charge in [-0.15, -0.1) is 0 Å². The maximum absolute atomic E-state index is 13.7. The molecular formula is C17H22FNO3. The summed E-state index contributed by atoms with van der Waals surface area (Å²) < 4.78 is 19.1. The molecule has 0 aliphatic carbocycles. The van der Waals surface area contributed by atoms with Crippen LogP contribution in [-0.2, 0) is 4.79 Å². The molecule has 0 spiro atoms. The minimum Gasteiger partial charge on any atom is -0.484 e. The highest BCUT2D eigenvalue weighted by atomic mass is 19.1. The number of amides is 1. The summed E-state index contributed by atoms with van der Waals surface area (Å²) in [4.78, 5) is 25.3. The lowest BCUT2D eigenvalue weighted by Crippen LogP contribution is -2.49. The molecule has 1 aromatic carbocycles. The van der Waals surface area contributed by atoms with E-state index in [2.05, 4.69) is 0 Å². The lowest BCUT2D eigenvalue weighted by Gasteiger charge is -2.38. The van der Waals surface area contributed by atoms with Crippen LogP contribution < -0.4 is 4.74 Å². The van der Waals surface area contributed by atoms with E-state index < -0.39 is 5.82 Å². The van der Waals surface area contributed by atoms with Crippen LogP contribution >= 0.6 is 0 Å². The summed E-state index contributed by atoms with van der Waals surface area (Å²) in [5.74, 6) is -0.794. The number of Topliss-reactive ketones (excluding diaryl/α,β-unsaturated/α-hetero) is 1. The van der Waals surface area contributed by atoms with Gasteiger partial charge in [0.05, 0.1) is 5.56 Å². The molecule has 1 fully saturated rings. The van der Waals surface area contributed by atoms with Gasteiger partial charge in [-0.25, -0.2) is 4.39 Å². The van der Waals surface area contributed by atoms with Crippen LogP contribution in [0.5, 0.6) is 5.75 Å². The summed E-state index contributed by atoms with van der Waals surface area (Å²) in [6.07, 6.45) is 3.13. The molecule has 0 aromatic heterocycles. The highest BCUT2D eigenvalue weighted by molar-refractivity contribution is 5.94. The Bertz CT molecular complexity index is 563. The Morgan fingerprint density at radius 3 is 2.45 bits per heavy atom. The number of carbonyl (C=O) groups excluding carboxylic acids is 2. The second-order valence-electron chi connectivity index (χ2n) is 5.92. The molecule has 1 amide bonds. The number of piperidine rings is 1. The van der Waals surface area contributed by atoms with Crippen molar-refractivity contribution < 1.29 is 18.7 Å². The summed E-state index contributed by atoms with van der Waals surface area (Å²) in [5.41, 5.74) is 0.0250. The number of hydrogen-bond acceptors (Lipinski definition) is 3. The molecule has 4 nitrogen and oxygen atoms in total. The van der Waals surface area contributed by atoms with Gasteiger partial charge < -0.3 is 9.64 Å². The second-order valence-corrected chi connectivity index (χ2v) is 5.92. The third-order valence-electron chi connectivity index (χ3n) is 4.16. The van der Waals surface area contributed by atoms with Gasteiger partial charge in [0.1, 0.15) is 11.6 Å². The lowest BCUT2D eigenvalue weighted by atomic mass is 9.97. The molecule has 1 aliphatic rings. The first kappa shape index (κ1) is 16.5. The standard InChI is InChI=1S/C17H22FNO3/c1-11-5-4-6-12(2)19(11)17(21)10-22-14-7-8-15(13(3)20)16(18)9-14/h7-9,11-12H,4-6,10H2,1-3H3. The van der Waals surface area contributed by atoms with Crippen LogP contribution in [0, 0.1) is 5.82 Å². The summed E-state index contributed by atoms with van der Waals surface area (Å²) in [5, 5.41) is 0. The molecular weight excluding hydrogens is 285 g/mol. The Morgan fingerprint density at radius 1 is 1.27 bits per heavy atom. The number of ketones is 1. The Balaban J connectivity index is 1.99. The highest BCUT2D eigenvalue weighted by Crippen LogP contribution is 2.23. The maximum atomic E-state index is 13.7. The van der Waals surface area contributed by atoms with Crippen LogP contribution in [0.15, 0.2) is 18.2 Å². The summed E-state index contributed by atoms with van der Waals surface area (Å²) in [7, 11) is 0. The summed E-state index contributed by atoms with van der Waals surface area (Å²) >= 11 is 0. The zero-order valence-electron chi connectivity index (χ0n) is 13.3. The van der Waals surface area contributed by atoms with Crippen LogP contribution in [-0.4, -0.2) is 35.3 Å². The first-order valence-electron chi connectivity index (χ1n) is 7.64. The zero-order valence-corrected chi connectivity index (χ0v) is 13.3. The summed E-state index contributed by atoms with van der Waals surface area (Å²) in [6, 6.07) is 4.45. The Hall–Kier alpha value is -1.91. The minimum absolute atomic E-state index is 0.0250. The van der Waals surface area contributed by atoms with Crippen molar-refractivity contribution in [3.63, 3.8) is 0 Å². The molecule has 2 rings (SSSR count). The first-order chi connectivity index (χ1) is 10.4. The predicted molar refractivity (Wildman–Crippen MR) is 81.5 cm³/mol. The number of carbonyl (C=O) groups is 2. The average Bonchev–Trinajstić information content (AvgIpc) is 2.44. The van der Waals surface area contributed by atoms with Crippen molar-refractivity contribution in [3.8, 4) is 5.75 Å². The number of rotatable bonds is 4. The quantitative estimate of drug-likeness (QED) is 0.803. The number of ether oxygens (including phenoxy) is 1. The molecule has 0 N–H and O–H groups in total. The number of nitrogens with zero attached hydrogens (tertiary/aromatic N) is 1. The van der Waals surface area contributed by atoms with Gasteiger partial charge in [-0.1, -0.05) is 0 Å². The van der Waals surface area contributed by atoms with Crippen LogP contribution in [0.4, 0.5) is 4.39 Å². The van der Waals surface area contributed by atoms with E-state index in [0.29, 0.717) is 0 Å². The molecule has 120 valence electrons. The monoisotopic (exact) mass is 307 g/mol. The minimum atomic E-state index is -0.628. The van der Waals surface area contributed by atoms with Crippen LogP contribution in [0.3, 0.4) is 0 Å². The smallest absolute Gasteiger partial charge is 0.260 e. The van der Waals surface area contributed by atoms with E-state index in [1.807, 2.05) is 18.7 Å². The fraction of sp³-hybridized carbons (Fsp3) is 0.529. The Labute approximate surface area is 130 Å². The molecule has 2 unspecified atom stereocenters. The molecule has 2 atom stereocenters. The predicted octanol–water partition coefficient (Wildman–Crippen LogP) is 3.20. The third-order valence-corrected chi connectivity index (χ3v) is 4.16. The lowest BCUT2D eigenvalue weighted by molar-refractivity contribution is -0.139. The van der Waals surface area contributed by atoms with Gasteiger partial charge in [0.15, 0.2) is 12.4 Å². The van der Waals surface area contributed by atoms with E-state index in [1.54, 1.807) is 0 Å². The number of benzene rings is 1. The second kappa shape index (κ2) is 6.90. The summed E-state index contributed by atoms with van der Waals surface area (Å²) in [6.45, 7) is 5.26. The van der Waals surface area contributed by atoms with Crippen molar-refractivity contribution in [1.29, 1.82) is 0 Å². The highest BCUT2D eigenvalue weighted by Gasteiger charge is 2.29. The Kier molecular flexibility index (Phi) is 5.16. The topological polar surface area (TPSA) is 46.6 Å². The van der Waals surface area contributed by atoms with Gasteiger partial charge in [0, 0.05) is 18.2 Å². The van der Waals surface area contributed by atoms with Crippen molar-refractivity contribution >= 4 is 11.7 Å². The van der Waals surface area contributed by atoms with Gasteiger partial charge in [-0.2, -0.15) is 0 Å². The SMILES string of the molecule is CC(=O)c1ccc(OCC(=O)N2C(C)CCCC2C)cc1F. The average molecular weight is 307 g/mol. The Morgan fingerprint density at radius 2 is 1.91 bits per heavy atom. The molecule has 5 heteroatoms. The molecule has 0 saturated carbocycles. The fourth-order valence-corrected chi connectivity index (χ4v) is 3.00. The molecule has 1 heterocycles. The molecule has 0 bridgehead atoms. The molecule has 22 heavy (non-hydrogen) atoms. The maximum Gasteiger partial charge on any atom is 0.260 e. The van der Waals surface area contributed by atoms with E-state index in [-0.39, 0.29) is 41.7 Å². The van der Waals surface area contributed by atoms with E-state index in [1.165, 1.54) is 19.1 Å². The zero-order chi connectivity index (χ0) is 16.3. The van der Waals surface area contributed by atoms with Crippen molar-refractivity contribution in [2.75, 3.05) is 6.61 Å². The molecule has 1 aromatic rings. The molecule has 1 saturated heterocycles. The van der Waals surface area contributed by atoms with Crippen molar-refractivity contribution in [1.82, 2.24) is 4.90 Å². The first-order valence-corrected chi connectivity index (χ1v) is 7.64. The normalized spacial score (nSPS) is 21.5. The number of halogens is 1. The fourth-order valence-electron chi connectivity index (χ4n) is 3.00. The van der Waals surface area contributed by atoms with Gasteiger partial charge in [0.25, 0.3) is 5.91 Å². The third kappa shape index (κ3) is 3.64. The van der Waals surface area contributed by atoms with Crippen molar-refractivity contribution in [3.05, 3.63) is 29.6 Å². The van der Waals surface area contributed by atoms with Crippen molar-refractivity contribution in [2.45, 2.75) is 52.1 Å². The number of likely N-dealkylation sites (tertiary alicyclic amines) is 1. The van der Waals surface area contributed by atoms with Gasteiger partial charge in [-0.05, 0) is 52.2 Å². The van der Waals surface area contributed by atoms with Crippen molar-refractivity contribution in [2.24, 2.45) is 0 Å². The van der Waals surface area contributed by atoms with Crippen LogP contribution in [0.2, 0.25) is 0 Å². The van der Waals surface area contributed by atoms with Gasteiger partial charge in [0.2, 0.25) is 0 Å².